The molecular weight excluding hydrogens is 275 g/mol. The van der Waals surface area contributed by atoms with Crippen molar-refractivity contribution < 1.29 is 13.9 Å². The van der Waals surface area contributed by atoms with E-state index in [-0.39, 0.29) is 18.0 Å². The summed E-state index contributed by atoms with van der Waals surface area (Å²) in [6.07, 6.45) is -0.145. The van der Waals surface area contributed by atoms with Gasteiger partial charge in [0.2, 0.25) is 5.91 Å². The van der Waals surface area contributed by atoms with Gasteiger partial charge in [0, 0.05) is 31.7 Å². The first kappa shape index (κ1) is 15.2. The number of morpholine rings is 1. The molecule has 1 aromatic carbocycles. The lowest BCUT2D eigenvalue weighted by atomic mass is 10.2. The van der Waals surface area contributed by atoms with Crippen LogP contribution in [0.4, 0.5) is 15.8 Å². The number of amides is 1. The van der Waals surface area contributed by atoms with Gasteiger partial charge in [-0.25, -0.2) is 4.39 Å². The number of carbonyl (C=O) groups excluding carboxylic acids is 1. The summed E-state index contributed by atoms with van der Waals surface area (Å²) in [6, 6.07) is 6.12. The number of nitrogens with zero attached hydrogens (tertiary/aromatic N) is 2. The molecule has 1 heterocycles. The average molecular weight is 292 g/mol. The van der Waals surface area contributed by atoms with Crippen LogP contribution in [0.5, 0.6) is 0 Å². The summed E-state index contributed by atoms with van der Waals surface area (Å²) in [5.41, 5.74) is 5.91. The maximum absolute atomic E-state index is 13.0. The van der Waals surface area contributed by atoms with Crippen LogP contribution in [-0.2, 0) is 9.53 Å². The van der Waals surface area contributed by atoms with E-state index in [1.54, 1.807) is 0 Å². The van der Waals surface area contributed by atoms with E-state index in [0.717, 1.165) is 0 Å². The number of hydrogen-bond donors (Lipinski definition) is 2. The molecule has 0 radical (unpaired) electrons. The van der Waals surface area contributed by atoms with Crippen molar-refractivity contribution in [2.45, 2.75) is 12.5 Å². The van der Waals surface area contributed by atoms with Crippen LogP contribution in [0.25, 0.3) is 0 Å². The van der Waals surface area contributed by atoms with Gasteiger partial charge in [0.1, 0.15) is 5.82 Å². The summed E-state index contributed by atoms with van der Waals surface area (Å²) in [6.45, 7) is 2.25. The van der Waals surface area contributed by atoms with Crippen LogP contribution >= 0.6 is 0 Å². The van der Waals surface area contributed by atoms with Gasteiger partial charge in [-0.1, -0.05) is 0 Å². The third-order valence-corrected chi connectivity index (χ3v) is 3.23. The Bertz CT molecular complexity index is 558. The Morgan fingerprint density at radius 3 is 3.14 bits per heavy atom. The van der Waals surface area contributed by atoms with Crippen molar-refractivity contribution in [3.8, 4) is 6.07 Å². The van der Waals surface area contributed by atoms with Crippen molar-refractivity contribution in [3.05, 3.63) is 24.0 Å². The van der Waals surface area contributed by atoms with E-state index in [0.29, 0.717) is 31.9 Å². The Morgan fingerprint density at radius 2 is 2.43 bits per heavy atom. The minimum Gasteiger partial charge on any atom is -0.396 e. The third kappa shape index (κ3) is 4.41. The zero-order chi connectivity index (χ0) is 15.2. The number of benzene rings is 1. The monoisotopic (exact) mass is 292 g/mol. The lowest BCUT2D eigenvalue weighted by molar-refractivity contribution is -0.116. The molecule has 1 aromatic rings. The molecule has 0 bridgehead atoms. The van der Waals surface area contributed by atoms with Crippen LogP contribution in [0.3, 0.4) is 0 Å². The SMILES string of the molecule is N#CC1CN(CCC(=O)Nc2ccc(F)c(N)c2)CCO1. The molecule has 1 amide bonds. The Labute approximate surface area is 122 Å². The largest absolute Gasteiger partial charge is 0.396 e. The first-order valence-corrected chi connectivity index (χ1v) is 6.67. The number of rotatable bonds is 4. The van der Waals surface area contributed by atoms with Crippen molar-refractivity contribution in [2.24, 2.45) is 0 Å². The highest BCUT2D eigenvalue weighted by Crippen LogP contribution is 2.16. The average Bonchev–Trinajstić information content (AvgIpc) is 2.49. The highest BCUT2D eigenvalue weighted by Gasteiger charge is 2.20. The molecule has 1 atom stereocenters. The molecule has 0 aromatic heterocycles. The Kier molecular flexibility index (Phi) is 5.09. The topological polar surface area (TPSA) is 91.4 Å². The number of hydrogen-bond acceptors (Lipinski definition) is 5. The molecule has 1 saturated heterocycles. The number of halogens is 1. The molecule has 6 nitrogen and oxygen atoms in total. The van der Waals surface area contributed by atoms with Gasteiger partial charge in [-0.15, -0.1) is 0 Å². The number of carbonyl (C=O) groups is 1. The van der Waals surface area contributed by atoms with Crippen molar-refractivity contribution in [2.75, 3.05) is 37.3 Å². The molecule has 3 N–H and O–H groups in total. The van der Waals surface area contributed by atoms with E-state index in [1.807, 2.05) is 4.90 Å². The zero-order valence-corrected chi connectivity index (χ0v) is 11.5. The van der Waals surface area contributed by atoms with Crippen LogP contribution in [-0.4, -0.2) is 43.2 Å². The molecule has 1 aliphatic rings. The first-order chi connectivity index (χ1) is 10.1. The smallest absolute Gasteiger partial charge is 0.225 e. The second-order valence-corrected chi connectivity index (χ2v) is 4.82. The van der Waals surface area contributed by atoms with E-state index >= 15 is 0 Å². The highest BCUT2D eigenvalue weighted by atomic mass is 19.1. The molecule has 21 heavy (non-hydrogen) atoms. The maximum Gasteiger partial charge on any atom is 0.225 e. The van der Waals surface area contributed by atoms with Gasteiger partial charge in [-0.05, 0) is 18.2 Å². The Morgan fingerprint density at radius 1 is 1.62 bits per heavy atom. The number of nitriles is 1. The number of nitrogen functional groups attached to an aromatic ring is 1. The minimum atomic E-state index is -0.510. The van der Waals surface area contributed by atoms with Crippen molar-refractivity contribution in [3.63, 3.8) is 0 Å². The number of nitrogens with two attached hydrogens (primary N) is 1. The standard InChI is InChI=1S/C14H17FN4O2/c15-12-2-1-10(7-13(12)17)18-14(20)3-4-19-5-6-21-11(8-16)9-19/h1-2,7,11H,3-6,9,17H2,(H,18,20). The normalized spacial score (nSPS) is 19.0. The van der Waals surface area contributed by atoms with Crippen molar-refractivity contribution >= 4 is 17.3 Å². The fraction of sp³-hybridized carbons (Fsp3) is 0.429. The zero-order valence-electron chi connectivity index (χ0n) is 11.5. The number of anilines is 2. The quantitative estimate of drug-likeness (QED) is 0.807. The fourth-order valence-corrected chi connectivity index (χ4v) is 2.09. The molecule has 2 rings (SSSR count). The molecule has 0 aliphatic carbocycles. The lowest BCUT2D eigenvalue weighted by Gasteiger charge is -2.29. The van der Waals surface area contributed by atoms with Gasteiger partial charge in [0.15, 0.2) is 6.10 Å². The number of nitrogens with one attached hydrogen (secondary N) is 1. The third-order valence-electron chi connectivity index (χ3n) is 3.23. The van der Waals surface area contributed by atoms with Gasteiger partial charge >= 0.3 is 0 Å². The predicted octanol–water partition coefficient (Wildman–Crippen LogP) is 0.961. The second-order valence-electron chi connectivity index (χ2n) is 4.82. The fourth-order valence-electron chi connectivity index (χ4n) is 2.09. The van der Waals surface area contributed by atoms with E-state index in [1.165, 1.54) is 18.2 Å². The van der Waals surface area contributed by atoms with E-state index < -0.39 is 11.9 Å². The molecule has 0 spiro atoms. The maximum atomic E-state index is 13.0. The molecule has 7 heteroatoms. The molecular formula is C14H17FN4O2. The van der Waals surface area contributed by atoms with Gasteiger partial charge < -0.3 is 15.8 Å². The first-order valence-electron chi connectivity index (χ1n) is 6.67. The van der Waals surface area contributed by atoms with Crippen LogP contribution in [0, 0.1) is 17.1 Å². The lowest BCUT2D eigenvalue weighted by Crippen LogP contribution is -2.42. The second kappa shape index (κ2) is 7.02. The van der Waals surface area contributed by atoms with Gasteiger partial charge in [0.05, 0.1) is 18.4 Å². The van der Waals surface area contributed by atoms with E-state index in [2.05, 4.69) is 11.4 Å². The van der Waals surface area contributed by atoms with Gasteiger partial charge in [-0.3, -0.25) is 9.69 Å². The molecule has 1 aliphatic heterocycles. The number of ether oxygens (including phenoxy) is 1. The molecule has 0 saturated carbocycles. The van der Waals surface area contributed by atoms with E-state index in [9.17, 15) is 9.18 Å². The summed E-state index contributed by atoms with van der Waals surface area (Å²) >= 11 is 0. The van der Waals surface area contributed by atoms with Gasteiger partial charge in [-0.2, -0.15) is 5.26 Å². The van der Waals surface area contributed by atoms with Crippen LogP contribution < -0.4 is 11.1 Å². The highest BCUT2D eigenvalue weighted by molar-refractivity contribution is 5.91. The summed E-state index contributed by atoms with van der Waals surface area (Å²) in [5, 5.41) is 11.5. The summed E-state index contributed by atoms with van der Waals surface area (Å²) in [7, 11) is 0. The summed E-state index contributed by atoms with van der Waals surface area (Å²) < 4.78 is 18.2. The van der Waals surface area contributed by atoms with Crippen LogP contribution in [0.15, 0.2) is 18.2 Å². The Hall–Kier alpha value is -2.17. The van der Waals surface area contributed by atoms with Crippen molar-refractivity contribution in [1.29, 1.82) is 5.26 Å². The van der Waals surface area contributed by atoms with Crippen LogP contribution in [0.1, 0.15) is 6.42 Å². The molecule has 1 unspecified atom stereocenters. The molecule has 1 fully saturated rings. The van der Waals surface area contributed by atoms with Crippen molar-refractivity contribution in [1.82, 2.24) is 4.90 Å². The van der Waals surface area contributed by atoms with Gasteiger partial charge in [0.25, 0.3) is 0 Å². The summed E-state index contributed by atoms with van der Waals surface area (Å²) in [5.74, 6) is -0.690. The predicted molar refractivity (Wildman–Crippen MR) is 75.9 cm³/mol. The Balaban J connectivity index is 1.79. The summed E-state index contributed by atoms with van der Waals surface area (Å²) in [4.78, 5) is 13.8. The minimum absolute atomic E-state index is 0.00200. The van der Waals surface area contributed by atoms with E-state index in [4.69, 9.17) is 15.7 Å². The van der Waals surface area contributed by atoms with Crippen LogP contribution in [0.2, 0.25) is 0 Å². The molecule has 112 valence electrons.